The average molecular weight is 266 g/mol. The Hall–Kier alpha value is -1.23. The number of rotatable bonds is 6. The van der Waals surface area contributed by atoms with Crippen LogP contribution in [0.1, 0.15) is 32.1 Å². The van der Waals surface area contributed by atoms with Crippen LogP contribution in [0.2, 0.25) is 0 Å². The number of aromatic nitrogens is 2. The van der Waals surface area contributed by atoms with Crippen LogP contribution >= 0.6 is 11.8 Å². The Bertz CT molecular complexity index is 440. The van der Waals surface area contributed by atoms with Gasteiger partial charge in [0.25, 0.3) is 0 Å². The Morgan fingerprint density at radius 1 is 1.50 bits per heavy atom. The predicted octanol–water partition coefficient (Wildman–Crippen LogP) is 2.95. The molecule has 1 aromatic rings. The molecule has 1 heterocycles. The van der Waals surface area contributed by atoms with Gasteiger partial charge in [-0.2, -0.15) is 0 Å². The normalized spacial score (nSPS) is 15.4. The van der Waals surface area contributed by atoms with E-state index in [9.17, 15) is 4.79 Å². The first-order valence-electron chi connectivity index (χ1n) is 6.29. The lowest BCUT2D eigenvalue weighted by Crippen LogP contribution is -2.04. The number of aliphatic carboxylic acids is 1. The predicted molar refractivity (Wildman–Crippen MR) is 71.8 cm³/mol. The fourth-order valence-electron chi connectivity index (χ4n) is 2.13. The topological polar surface area (TPSA) is 55.1 Å². The van der Waals surface area contributed by atoms with E-state index >= 15 is 0 Å². The molecular weight excluding hydrogens is 248 g/mol. The van der Waals surface area contributed by atoms with Gasteiger partial charge in [-0.1, -0.05) is 23.4 Å². The summed E-state index contributed by atoms with van der Waals surface area (Å²) in [5.41, 5.74) is 1.53. The monoisotopic (exact) mass is 266 g/mol. The summed E-state index contributed by atoms with van der Waals surface area (Å²) in [6, 6.07) is 0. The molecule has 98 valence electrons. The molecule has 0 amide bonds. The first-order chi connectivity index (χ1) is 8.75. The van der Waals surface area contributed by atoms with Gasteiger partial charge in [-0.3, -0.25) is 4.79 Å². The summed E-state index contributed by atoms with van der Waals surface area (Å²) in [7, 11) is 0. The van der Waals surface area contributed by atoms with Crippen LogP contribution in [0.25, 0.3) is 0 Å². The van der Waals surface area contributed by atoms with Gasteiger partial charge in [-0.25, -0.2) is 4.98 Å². The van der Waals surface area contributed by atoms with E-state index in [0.29, 0.717) is 0 Å². The third kappa shape index (κ3) is 3.91. The van der Waals surface area contributed by atoms with Crippen molar-refractivity contribution in [3.63, 3.8) is 0 Å². The highest BCUT2D eigenvalue weighted by atomic mass is 32.2. The summed E-state index contributed by atoms with van der Waals surface area (Å²) in [5, 5.41) is 9.47. The van der Waals surface area contributed by atoms with Crippen molar-refractivity contribution in [2.45, 2.75) is 43.8 Å². The van der Waals surface area contributed by atoms with Gasteiger partial charge in [-0.15, -0.1) is 0 Å². The summed E-state index contributed by atoms with van der Waals surface area (Å²) in [5.74, 6) is -0.732. The maximum absolute atomic E-state index is 10.5. The van der Waals surface area contributed by atoms with Crippen LogP contribution in [-0.4, -0.2) is 26.4 Å². The molecule has 0 unspecified atom stereocenters. The molecule has 0 bridgehead atoms. The summed E-state index contributed by atoms with van der Waals surface area (Å²) in [6.07, 6.45) is 12.1. The number of nitrogens with zero attached hydrogens (tertiary/aromatic N) is 2. The van der Waals surface area contributed by atoms with E-state index in [1.165, 1.54) is 43.0 Å². The molecule has 1 aromatic heterocycles. The van der Waals surface area contributed by atoms with Gasteiger partial charge >= 0.3 is 5.97 Å². The highest BCUT2D eigenvalue weighted by Crippen LogP contribution is 2.22. The fraction of sp³-hybridized carbons (Fsp3) is 0.538. The number of imidazole rings is 1. The second kappa shape index (κ2) is 6.64. The van der Waals surface area contributed by atoms with Crippen LogP contribution in [0.15, 0.2) is 29.2 Å². The van der Waals surface area contributed by atoms with E-state index in [1.807, 2.05) is 10.8 Å². The van der Waals surface area contributed by atoms with Gasteiger partial charge in [0.15, 0.2) is 5.16 Å². The Morgan fingerprint density at radius 3 is 3.11 bits per heavy atom. The number of hydrogen-bond acceptors (Lipinski definition) is 3. The molecule has 0 aliphatic heterocycles. The highest BCUT2D eigenvalue weighted by Gasteiger charge is 2.08. The van der Waals surface area contributed by atoms with Crippen LogP contribution in [0.4, 0.5) is 0 Å². The number of carboxylic acid groups (broad SMARTS) is 1. The molecule has 2 rings (SSSR count). The molecule has 0 radical (unpaired) electrons. The molecule has 0 saturated heterocycles. The Morgan fingerprint density at radius 2 is 2.39 bits per heavy atom. The quantitative estimate of drug-likeness (QED) is 0.635. The maximum Gasteiger partial charge on any atom is 0.313 e. The van der Waals surface area contributed by atoms with Crippen LogP contribution in [0, 0.1) is 0 Å². The Labute approximate surface area is 111 Å². The molecule has 0 atom stereocenters. The Balaban J connectivity index is 1.87. The lowest BCUT2D eigenvalue weighted by Gasteiger charge is -2.13. The molecule has 0 spiro atoms. The number of allylic oxidation sites excluding steroid dienone is 2. The fourth-order valence-corrected chi connectivity index (χ4v) is 2.83. The SMILES string of the molecule is O=C(O)CSc1nccn1CCC1=CCCCC1. The largest absolute Gasteiger partial charge is 0.481 e. The zero-order valence-electron chi connectivity index (χ0n) is 10.3. The first-order valence-corrected chi connectivity index (χ1v) is 7.28. The van der Waals surface area contributed by atoms with E-state index in [0.717, 1.165) is 18.1 Å². The van der Waals surface area contributed by atoms with E-state index in [1.54, 1.807) is 6.20 Å². The molecule has 0 aromatic carbocycles. The van der Waals surface area contributed by atoms with Gasteiger partial charge in [0.2, 0.25) is 0 Å². The van der Waals surface area contributed by atoms with Crippen molar-refractivity contribution in [3.8, 4) is 0 Å². The zero-order chi connectivity index (χ0) is 12.8. The smallest absolute Gasteiger partial charge is 0.313 e. The van der Waals surface area contributed by atoms with Crippen LogP contribution in [0.5, 0.6) is 0 Å². The van der Waals surface area contributed by atoms with Crippen molar-refractivity contribution in [1.29, 1.82) is 0 Å². The second-order valence-electron chi connectivity index (χ2n) is 4.44. The molecule has 1 aliphatic rings. The molecule has 0 fully saturated rings. The Kier molecular flexibility index (Phi) is 4.87. The molecule has 5 heteroatoms. The highest BCUT2D eigenvalue weighted by molar-refractivity contribution is 7.99. The molecule has 1 N–H and O–H groups in total. The summed E-state index contributed by atoms with van der Waals surface area (Å²) in [6.45, 7) is 0.897. The maximum atomic E-state index is 10.5. The second-order valence-corrected chi connectivity index (χ2v) is 5.39. The number of thioether (sulfide) groups is 1. The summed E-state index contributed by atoms with van der Waals surface area (Å²) >= 11 is 1.28. The minimum atomic E-state index is -0.801. The number of carboxylic acids is 1. The third-order valence-electron chi connectivity index (χ3n) is 3.06. The minimum Gasteiger partial charge on any atom is -0.481 e. The molecule has 0 saturated carbocycles. The van der Waals surface area contributed by atoms with Crippen molar-refractivity contribution < 1.29 is 9.90 Å². The molecule has 1 aliphatic carbocycles. The lowest BCUT2D eigenvalue weighted by atomic mass is 9.97. The zero-order valence-corrected chi connectivity index (χ0v) is 11.2. The van der Waals surface area contributed by atoms with Crippen LogP contribution < -0.4 is 0 Å². The van der Waals surface area contributed by atoms with E-state index in [-0.39, 0.29) is 5.75 Å². The van der Waals surface area contributed by atoms with Crippen molar-refractivity contribution in [2.75, 3.05) is 5.75 Å². The number of aryl methyl sites for hydroxylation is 1. The molecule has 4 nitrogen and oxygen atoms in total. The van der Waals surface area contributed by atoms with E-state index in [4.69, 9.17) is 5.11 Å². The van der Waals surface area contributed by atoms with Crippen molar-refractivity contribution in [1.82, 2.24) is 9.55 Å². The van der Waals surface area contributed by atoms with Gasteiger partial charge < -0.3 is 9.67 Å². The van der Waals surface area contributed by atoms with Crippen LogP contribution in [0.3, 0.4) is 0 Å². The number of hydrogen-bond donors (Lipinski definition) is 1. The first kappa shape index (κ1) is 13.2. The molecule has 18 heavy (non-hydrogen) atoms. The summed E-state index contributed by atoms with van der Waals surface area (Å²) < 4.78 is 2.04. The average Bonchev–Trinajstić information content (AvgIpc) is 2.82. The lowest BCUT2D eigenvalue weighted by molar-refractivity contribution is -0.133. The number of carbonyl (C=O) groups is 1. The minimum absolute atomic E-state index is 0.0692. The van der Waals surface area contributed by atoms with Gasteiger partial charge in [0.05, 0.1) is 5.75 Å². The van der Waals surface area contributed by atoms with Crippen molar-refractivity contribution >= 4 is 17.7 Å². The van der Waals surface area contributed by atoms with E-state index < -0.39 is 5.97 Å². The van der Waals surface area contributed by atoms with Gasteiger partial charge in [-0.05, 0) is 32.1 Å². The van der Waals surface area contributed by atoms with Gasteiger partial charge in [0, 0.05) is 18.9 Å². The summed E-state index contributed by atoms with van der Waals surface area (Å²) in [4.78, 5) is 14.7. The van der Waals surface area contributed by atoms with Gasteiger partial charge in [0.1, 0.15) is 0 Å². The standard InChI is InChI=1S/C13H18N2O2S/c16-12(17)10-18-13-14-7-9-15(13)8-6-11-4-2-1-3-5-11/h4,7,9H,1-3,5-6,8,10H2,(H,16,17). The van der Waals surface area contributed by atoms with Crippen molar-refractivity contribution in [3.05, 3.63) is 24.0 Å². The third-order valence-corrected chi connectivity index (χ3v) is 4.05. The van der Waals surface area contributed by atoms with E-state index in [2.05, 4.69) is 11.1 Å². The van der Waals surface area contributed by atoms with Crippen molar-refractivity contribution in [2.24, 2.45) is 0 Å². The molecular formula is C13H18N2O2S. The van der Waals surface area contributed by atoms with Crippen LogP contribution in [-0.2, 0) is 11.3 Å².